The summed E-state index contributed by atoms with van der Waals surface area (Å²) in [6.07, 6.45) is 3.70. The van der Waals surface area contributed by atoms with Gasteiger partial charge in [0.1, 0.15) is 0 Å². The van der Waals surface area contributed by atoms with Crippen LogP contribution in [-0.2, 0) is 14.3 Å². The van der Waals surface area contributed by atoms with E-state index in [1.807, 2.05) is 6.92 Å². The normalized spacial score (nSPS) is 17.3. The van der Waals surface area contributed by atoms with Crippen LogP contribution >= 0.6 is 0 Å². The summed E-state index contributed by atoms with van der Waals surface area (Å²) in [5, 5.41) is 3.39. The van der Waals surface area contributed by atoms with Crippen molar-refractivity contribution in [3.63, 3.8) is 0 Å². The fraction of sp³-hybridized carbons (Fsp3) is 0.917. The van der Waals surface area contributed by atoms with Gasteiger partial charge in [-0.3, -0.25) is 4.79 Å². The third-order valence-corrected chi connectivity index (χ3v) is 2.81. The van der Waals surface area contributed by atoms with Crippen molar-refractivity contribution in [2.24, 2.45) is 5.92 Å². The summed E-state index contributed by atoms with van der Waals surface area (Å²) in [6.45, 7) is 6.06. The Bertz CT molecular complexity index is 191. The van der Waals surface area contributed by atoms with Crippen molar-refractivity contribution in [3.05, 3.63) is 0 Å². The molecule has 0 spiro atoms. The Morgan fingerprint density at radius 1 is 1.44 bits per heavy atom. The molecule has 1 N–H and O–H groups in total. The van der Waals surface area contributed by atoms with Gasteiger partial charge in [-0.2, -0.15) is 0 Å². The van der Waals surface area contributed by atoms with Crippen LogP contribution in [0.15, 0.2) is 0 Å². The van der Waals surface area contributed by atoms with Crippen LogP contribution in [0.5, 0.6) is 0 Å². The Hall–Kier alpha value is -0.610. The second-order valence-electron chi connectivity index (χ2n) is 4.17. The standard InChI is InChI=1S/C12H23NO3/c1-2-16-12(14)4-3-7-13-10-11-5-8-15-9-6-11/h11,13H,2-10H2,1H3. The van der Waals surface area contributed by atoms with E-state index in [1.165, 1.54) is 0 Å². The second kappa shape index (κ2) is 8.53. The van der Waals surface area contributed by atoms with E-state index >= 15 is 0 Å². The van der Waals surface area contributed by atoms with Gasteiger partial charge in [0.15, 0.2) is 0 Å². The summed E-state index contributed by atoms with van der Waals surface area (Å²) in [5.41, 5.74) is 0. The quantitative estimate of drug-likeness (QED) is 0.529. The first-order valence-corrected chi connectivity index (χ1v) is 6.27. The maximum absolute atomic E-state index is 11.0. The average Bonchev–Trinajstić information content (AvgIpc) is 2.30. The predicted octanol–water partition coefficient (Wildman–Crippen LogP) is 1.35. The molecule has 0 aromatic heterocycles. The SMILES string of the molecule is CCOC(=O)CCCNCC1CCOCC1. The topological polar surface area (TPSA) is 47.6 Å². The molecule has 1 aliphatic rings. The fourth-order valence-corrected chi connectivity index (χ4v) is 1.85. The largest absolute Gasteiger partial charge is 0.466 e. The molecule has 94 valence electrons. The number of nitrogens with one attached hydrogen (secondary N) is 1. The molecule has 1 rings (SSSR count). The minimum Gasteiger partial charge on any atom is -0.466 e. The van der Waals surface area contributed by atoms with Gasteiger partial charge in [-0.25, -0.2) is 0 Å². The Balaban J connectivity index is 1.89. The highest BCUT2D eigenvalue weighted by atomic mass is 16.5. The maximum atomic E-state index is 11.0. The van der Waals surface area contributed by atoms with E-state index in [0.717, 1.165) is 51.5 Å². The molecule has 1 fully saturated rings. The number of rotatable bonds is 7. The summed E-state index contributed by atoms with van der Waals surface area (Å²) < 4.78 is 10.2. The molecule has 16 heavy (non-hydrogen) atoms. The lowest BCUT2D eigenvalue weighted by molar-refractivity contribution is -0.143. The molecule has 0 aromatic rings. The molecule has 0 amide bonds. The van der Waals surface area contributed by atoms with Gasteiger partial charge in [-0.1, -0.05) is 0 Å². The summed E-state index contributed by atoms with van der Waals surface area (Å²) in [4.78, 5) is 11.0. The molecule has 0 bridgehead atoms. The number of carbonyl (C=O) groups excluding carboxylic acids is 1. The zero-order valence-electron chi connectivity index (χ0n) is 10.2. The van der Waals surface area contributed by atoms with Crippen LogP contribution in [0.2, 0.25) is 0 Å². The molecule has 0 saturated carbocycles. The van der Waals surface area contributed by atoms with E-state index in [0.29, 0.717) is 13.0 Å². The highest BCUT2D eigenvalue weighted by molar-refractivity contribution is 5.69. The molecule has 1 heterocycles. The fourth-order valence-electron chi connectivity index (χ4n) is 1.85. The highest BCUT2D eigenvalue weighted by Gasteiger charge is 2.12. The minimum atomic E-state index is -0.0876. The van der Waals surface area contributed by atoms with Crippen LogP contribution in [-0.4, -0.2) is 38.9 Å². The molecule has 1 aliphatic heterocycles. The summed E-state index contributed by atoms with van der Waals surface area (Å²) in [6, 6.07) is 0. The van der Waals surface area contributed by atoms with Crippen LogP contribution in [0.4, 0.5) is 0 Å². The Morgan fingerprint density at radius 2 is 2.19 bits per heavy atom. The van der Waals surface area contributed by atoms with Crippen molar-refractivity contribution < 1.29 is 14.3 Å². The first-order chi connectivity index (χ1) is 7.83. The molecule has 1 saturated heterocycles. The number of carbonyl (C=O) groups is 1. The maximum Gasteiger partial charge on any atom is 0.305 e. The van der Waals surface area contributed by atoms with E-state index in [9.17, 15) is 4.79 Å². The van der Waals surface area contributed by atoms with Gasteiger partial charge >= 0.3 is 5.97 Å². The molecule has 4 heteroatoms. The van der Waals surface area contributed by atoms with Gasteiger partial charge in [0.25, 0.3) is 0 Å². The molecule has 0 aromatic carbocycles. The van der Waals surface area contributed by atoms with Gasteiger partial charge in [0, 0.05) is 19.6 Å². The van der Waals surface area contributed by atoms with Crippen molar-refractivity contribution in [2.75, 3.05) is 32.9 Å². The smallest absolute Gasteiger partial charge is 0.305 e. The summed E-state index contributed by atoms with van der Waals surface area (Å²) in [7, 11) is 0. The Kier molecular flexibility index (Phi) is 7.17. The molecular formula is C12H23NO3. The van der Waals surface area contributed by atoms with Crippen molar-refractivity contribution in [1.82, 2.24) is 5.32 Å². The minimum absolute atomic E-state index is 0.0876. The first kappa shape index (κ1) is 13.5. The van der Waals surface area contributed by atoms with Gasteiger partial charge < -0.3 is 14.8 Å². The number of ether oxygens (including phenoxy) is 2. The van der Waals surface area contributed by atoms with E-state index in [2.05, 4.69) is 5.32 Å². The van der Waals surface area contributed by atoms with Crippen LogP contribution in [0.3, 0.4) is 0 Å². The Labute approximate surface area is 97.7 Å². The number of hydrogen-bond acceptors (Lipinski definition) is 4. The first-order valence-electron chi connectivity index (χ1n) is 6.27. The van der Waals surface area contributed by atoms with Gasteiger partial charge in [0.05, 0.1) is 6.61 Å². The molecule has 0 aliphatic carbocycles. The second-order valence-corrected chi connectivity index (χ2v) is 4.17. The van der Waals surface area contributed by atoms with Gasteiger partial charge in [-0.15, -0.1) is 0 Å². The third kappa shape index (κ3) is 6.08. The van der Waals surface area contributed by atoms with Gasteiger partial charge in [-0.05, 0) is 45.2 Å². The van der Waals surface area contributed by atoms with Crippen molar-refractivity contribution in [2.45, 2.75) is 32.6 Å². The molecule has 4 nitrogen and oxygen atoms in total. The van der Waals surface area contributed by atoms with E-state index in [1.54, 1.807) is 0 Å². The van der Waals surface area contributed by atoms with E-state index in [-0.39, 0.29) is 5.97 Å². The predicted molar refractivity (Wildman–Crippen MR) is 62.3 cm³/mol. The van der Waals surface area contributed by atoms with E-state index < -0.39 is 0 Å². The van der Waals surface area contributed by atoms with Crippen LogP contribution in [0.1, 0.15) is 32.6 Å². The number of esters is 1. The summed E-state index contributed by atoms with van der Waals surface area (Å²) in [5.74, 6) is 0.659. The van der Waals surface area contributed by atoms with E-state index in [4.69, 9.17) is 9.47 Å². The molecule has 0 unspecified atom stereocenters. The number of hydrogen-bond donors (Lipinski definition) is 1. The Morgan fingerprint density at radius 3 is 2.88 bits per heavy atom. The van der Waals surface area contributed by atoms with Crippen LogP contribution < -0.4 is 5.32 Å². The molecule has 0 atom stereocenters. The highest BCUT2D eigenvalue weighted by Crippen LogP contribution is 2.12. The van der Waals surface area contributed by atoms with Gasteiger partial charge in [0.2, 0.25) is 0 Å². The molecule has 0 radical (unpaired) electrons. The average molecular weight is 229 g/mol. The van der Waals surface area contributed by atoms with Crippen molar-refractivity contribution >= 4 is 5.97 Å². The van der Waals surface area contributed by atoms with Crippen LogP contribution in [0, 0.1) is 5.92 Å². The van der Waals surface area contributed by atoms with Crippen molar-refractivity contribution in [3.8, 4) is 0 Å². The lowest BCUT2D eigenvalue weighted by Gasteiger charge is -2.22. The zero-order chi connectivity index (χ0) is 11.6. The lowest BCUT2D eigenvalue weighted by Crippen LogP contribution is -2.28. The van der Waals surface area contributed by atoms with Crippen LogP contribution in [0.25, 0.3) is 0 Å². The lowest BCUT2D eigenvalue weighted by atomic mass is 10.0. The zero-order valence-corrected chi connectivity index (χ0v) is 10.2. The monoisotopic (exact) mass is 229 g/mol. The third-order valence-electron chi connectivity index (χ3n) is 2.81. The van der Waals surface area contributed by atoms with Crippen molar-refractivity contribution in [1.29, 1.82) is 0 Å². The summed E-state index contributed by atoms with van der Waals surface area (Å²) >= 11 is 0. The molecular weight excluding hydrogens is 206 g/mol.